The van der Waals surface area contributed by atoms with Gasteiger partial charge in [-0.05, 0) is 49.3 Å². The predicted molar refractivity (Wildman–Crippen MR) is 65.0 cm³/mol. The quantitative estimate of drug-likeness (QED) is 0.746. The lowest BCUT2D eigenvalue weighted by molar-refractivity contribution is 0.864. The summed E-state index contributed by atoms with van der Waals surface area (Å²) in [6.45, 7) is 4.28. The SMILES string of the molecule is Cc1cccc(C)c1-n1cc(C2CC2)cn1. The molecule has 0 atom stereocenters. The zero-order valence-corrected chi connectivity index (χ0v) is 9.77. The lowest BCUT2D eigenvalue weighted by atomic mass is 10.1. The van der Waals surface area contributed by atoms with E-state index < -0.39 is 0 Å². The van der Waals surface area contributed by atoms with Gasteiger partial charge in [-0.3, -0.25) is 0 Å². The summed E-state index contributed by atoms with van der Waals surface area (Å²) in [7, 11) is 0. The van der Waals surface area contributed by atoms with Crippen LogP contribution in [0.2, 0.25) is 0 Å². The molecule has 0 radical (unpaired) electrons. The Morgan fingerprint density at radius 2 is 1.88 bits per heavy atom. The van der Waals surface area contributed by atoms with Gasteiger partial charge in [0.2, 0.25) is 0 Å². The molecular weight excluding hydrogens is 196 g/mol. The highest BCUT2D eigenvalue weighted by atomic mass is 15.3. The lowest BCUT2D eigenvalue weighted by Crippen LogP contribution is -1.99. The molecule has 0 amide bonds. The van der Waals surface area contributed by atoms with Crippen molar-refractivity contribution in [3.05, 3.63) is 47.3 Å². The van der Waals surface area contributed by atoms with E-state index in [1.165, 1.54) is 35.2 Å². The maximum Gasteiger partial charge on any atom is 0.0703 e. The van der Waals surface area contributed by atoms with Crippen LogP contribution in [0.3, 0.4) is 0 Å². The van der Waals surface area contributed by atoms with Gasteiger partial charge in [0.15, 0.2) is 0 Å². The summed E-state index contributed by atoms with van der Waals surface area (Å²) >= 11 is 0. The van der Waals surface area contributed by atoms with Crippen molar-refractivity contribution < 1.29 is 0 Å². The molecule has 1 aromatic carbocycles. The number of benzene rings is 1. The fourth-order valence-electron chi connectivity index (χ4n) is 2.25. The molecule has 2 nitrogen and oxygen atoms in total. The molecule has 1 fully saturated rings. The molecule has 1 heterocycles. The average molecular weight is 212 g/mol. The van der Waals surface area contributed by atoms with Crippen LogP contribution < -0.4 is 0 Å². The minimum atomic E-state index is 0.776. The Kier molecular flexibility index (Phi) is 2.10. The van der Waals surface area contributed by atoms with Crippen LogP contribution in [0.25, 0.3) is 5.69 Å². The van der Waals surface area contributed by atoms with Gasteiger partial charge in [0.25, 0.3) is 0 Å². The second-order valence-corrected chi connectivity index (χ2v) is 4.73. The van der Waals surface area contributed by atoms with Gasteiger partial charge in [0.05, 0.1) is 11.9 Å². The van der Waals surface area contributed by atoms with Gasteiger partial charge in [-0.2, -0.15) is 5.10 Å². The molecule has 0 unspecified atom stereocenters. The van der Waals surface area contributed by atoms with Crippen LogP contribution in [0.1, 0.15) is 35.4 Å². The molecule has 16 heavy (non-hydrogen) atoms. The minimum Gasteiger partial charge on any atom is -0.240 e. The number of aromatic nitrogens is 2. The highest BCUT2D eigenvalue weighted by Crippen LogP contribution is 2.40. The molecule has 1 aliphatic rings. The van der Waals surface area contributed by atoms with Gasteiger partial charge < -0.3 is 0 Å². The van der Waals surface area contributed by atoms with E-state index in [-0.39, 0.29) is 0 Å². The third kappa shape index (κ3) is 1.54. The van der Waals surface area contributed by atoms with Crippen molar-refractivity contribution in [1.82, 2.24) is 9.78 Å². The van der Waals surface area contributed by atoms with Crippen molar-refractivity contribution in [2.45, 2.75) is 32.6 Å². The van der Waals surface area contributed by atoms with Crippen molar-refractivity contribution >= 4 is 0 Å². The first kappa shape index (κ1) is 9.64. The monoisotopic (exact) mass is 212 g/mol. The smallest absolute Gasteiger partial charge is 0.0703 e. The molecule has 2 heteroatoms. The third-order valence-corrected chi connectivity index (χ3v) is 3.32. The van der Waals surface area contributed by atoms with Gasteiger partial charge in [0.1, 0.15) is 0 Å². The number of rotatable bonds is 2. The second-order valence-electron chi connectivity index (χ2n) is 4.73. The summed E-state index contributed by atoms with van der Waals surface area (Å²) in [5.74, 6) is 0.776. The van der Waals surface area contributed by atoms with Crippen LogP contribution in [0.4, 0.5) is 0 Å². The summed E-state index contributed by atoms with van der Waals surface area (Å²) in [5.41, 5.74) is 5.19. The second kappa shape index (κ2) is 3.48. The maximum absolute atomic E-state index is 4.49. The number of para-hydroxylation sites is 1. The number of hydrogen-bond donors (Lipinski definition) is 0. The van der Waals surface area contributed by atoms with Crippen LogP contribution in [0.15, 0.2) is 30.6 Å². The predicted octanol–water partition coefficient (Wildman–Crippen LogP) is 3.37. The lowest BCUT2D eigenvalue weighted by Gasteiger charge is -2.08. The molecule has 0 aliphatic heterocycles. The first-order valence-electron chi connectivity index (χ1n) is 5.87. The molecule has 3 rings (SSSR count). The number of hydrogen-bond acceptors (Lipinski definition) is 1. The van der Waals surface area contributed by atoms with E-state index in [4.69, 9.17) is 0 Å². The normalized spacial score (nSPS) is 15.4. The minimum absolute atomic E-state index is 0.776. The Morgan fingerprint density at radius 3 is 2.50 bits per heavy atom. The van der Waals surface area contributed by atoms with Gasteiger partial charge >= 0.3 is 0 Å². The highest BCUT2D eigenvalue weighted by molar-refractivity contribution is 5.46. The first-order chi connectivity index (χ1) is 7.75. The summed E-state index contributed by atoms with van der Waals surface area (Å²) < 4.78 is 2.03. The van der Waals surface area contributed by atoms with Crippen molar-refractivity contribution in [1.29, 1.82) is 0 Å². The molecule has 1 saturated carbocycles. The van der Waals surface area contributed by atoms with Gasteiger partial charge in [-0.25, -0.2) is 4.68 Å². The van der Waals surface area contributed by atoms with E-state index in [1.54, 1.807) is 0 Å². The van der Waals surface area contributed by atoms with Crippen LogP contribution in [-0.4, -0.2) is 9.78 Å². The van der Waals surface area contributed by atoms with E-state index >= 15 is 0 Å². The number of nitrogens with zero attached hydrogens (tertiary/aromatic N) is 2. The van der Waals surface area contributed by atoms with Crippen LogP contribution in [0.5, 0.6) is 0 Å². The average Bonchev–Trinajstić information content (AvgIpc) is 2.99. The maximum atomic E-state index is 4.49. The molecule has 2 aromatic rings. The van der Waals surface area contributed by atoms with E-state index in [1.807, 2.05) is 10.9 Å². The molecular formula is C14H16N2. The molecule has 0 N–H and O–H groups in total. The molecule has 1 aliphatic carbocycles. The topological polar surface area (TPSA) is 17.8 Å². The highest BCUT2D eigenvalue weighted by Gasteiger charge is 2.25. The van der Waals surface area contributed by atoms with Crippen molar-refractivity contribution in [3.8, 4) is 5.69 Å². The van der Waals surface area contributed by atoms with Crippen LogP contribution >= 0.6 is 0 Å². The Labute approximate surface area is 95.9 Å². The van der Waals surface area contributed by atoms with Crippen molar-refractivity contribution in [2.75, 3.05) is 0 Å². The fourth-order valence-corrected chi connectivity index (χ4v) is 2.25. The molecule has 82 valence electrons. The molecule has 1 aromatic heterocycles. The van der Waals surface area contributed by atoms with Gasteiger partial charge in [-0.15, -0.1) is 0 Å². The first-order valence-corrected chi connectivity index (χ1v) is 5.87. The summed E-state index contributed by atoms with van der Waals surface area (Å²) in [4.78, 5) is 0. The standard InChI is InChI=1S/C14H16N2/c1-10-4-3-5-11(2)14(10)16-9-13(8-15-16)12-6-7-12/h3-5,8-9,12H,6-7H2,1-2H3. The molecule has 0 spiro atoms. The zero-order valence-electron chi connectivity index (χ0n) is 9.77. The Morgan fingerprint density at radius 1 is 1.19 bits per heavy atom. The van der Waals surface area contributed by atoms with Gasteiger partial charge in [-0.1, -0.05) is 18.2 Å². The van der Waals surface area contributed by atoms with E-state index in [2.05, 4.69) is 43.3 Å². The fraction of sp³-hybridized carbons (Fsp3) is 0.357. The molecule has 0 saturated heterocycles. The van der Waals surface area contributed by atoms with Crippen LogP contribution in [0, 0.1) is 13.8 Å². The van der Waals surface area contributed by atoms with Crippen LogP contribution in [-0.2, 0) is 0 Å². The molecule has 0 bridgehead atoms. The Hall–Kier alpha value is -1.57. The Balaban J connectivity index is 2.06. The summed E-state index contributed by atoms with van der Waals surface area (Å²) in [6, 6.07) is 6.38. The Bertz CT molecular complexity index is 501. The van der Waals surface area contributed by atoms with E-state index in [0.29, 0.717) is 0 Å². The van der Waals surface area contributed by atoms with Crippen molar-refractivity contribution in [2.24, 2.45) is 0 Å². The van der Waals surface area contributed by atoms with E-state index in [0.717, 1.165) is 5.92 Å². The van der Waals surface area contributed by atoms with Crippen molar-refractivity contribution in [3.63, 3.8) is 0 Å². The summed E-state index contributed by atoms with van der Waals surface area (Å²) in [6.07, 6.45) is 6.87. The summed E-state index contributed by atoms with van der Waals surface area (Å²) in [5, 5.41) is 4.49. The zero-order chi connectivity index (χ0) is 11.1. The van der Waals surface area contributed by atoms with E-state index in [9.17, 15) is 0 Å². The number of aryl methyl sites for hydroxylation is 2. The largest absolute Gasteiger partial charge is 0.240 e. The third-order valence-electron chi connectivity index (χ3n) is 3.32. The van der Waals surface area contributed by atoms with Gasteiger partial charge in [0, 0.05) is 6.20 Å².